The van der Waals surface area contributed by atoms with Gasteiger partial charge in [0, 0.05) is 24.7 Å². The Labute approximate surface area is 138 Å². The summed E-state index contributed by atoms with van der Waals surface area (Å²) >= 11 is 3.60. The number of rotatable bonds is 8. The van der Waals surface area contributed by atoms with Crippen LogP contribution in [0.25, 0.3) is 0 Å². The SMILES string of the molecule is CNC(C)c1ccc(OCCN(C(C)C)C(C)C)c(Br)c1. The summed E-state index contributed by atoms with van der Waals surface area (Å²) in [6.45, 7) is 12.7. The molecule has 1 atom stereocenters. The van der Waals surface area contributed by atoms with Gasteiger partial charge in [-0.05, 0) is 75.3 Å². The maximum Gasteiger partial charge on any atom is 0.133 e. The predicted octanol–water partition coefficient (Wildman–Crippen LogP) is 4.23. The van der Waals surface area contributed by atoms with E-state index in [1.54, 1.807) is 0 Å². The summed E-state index contributed by atoms with van der Waals surface area (Å²) < 4.78 is 6.94. The maximum atomic E-state index is 5.93. The molecule has 0 aliphatic heterocycles. The summed E-state index contributed by atoms with van der Waals surface area (Å²) in [6.07, 6.45) is 0. The van der Waals surface area contributed by atoms with Crippen molar-refractivity contribution in [3.63, 3.8) is 0 Å². The summed E-state index contributed by atoms with van der Waals surface area (Å²) in [7, 11) is 1.97. The van der Waals surface area contributed by atoms with Crippen molar-refractivity contribution in [2.45, 2.75) is 52.7 Å². The van der Waals surface area contributed by atoms with Crippen molar-refractivity contribution in [1.29, 1.82) is 0 Å². The highest BCUT2D eigenvalue weighted by Crippen LogP contribution is 2.28. The normalized spacial score (nSPS) is 13.2. The summed E-state index contributed by atoms with van der Waals surface area (Å²) in [4.78, 5) is 2.44. The Balaban J connectivity index is 2.60. The monoisotopic (exact) mass is 356 g/mol. The molecule has 0 fully saturated rings. The average Bonchev–Trinajstić information content (AvgIpc) is 2.43. The molecule has 0 amide bonds. The van der Waals surface area contributed by atoms with Gasteiger partial charge in [-0.1, -0.05) is 6.07 Å². The second-order valence-corrected chi connectivity index (χ2v) is 6.83. The molecule has 3 nitrogen and oxygen atoms in total. The minimum atomic E-state index is 0.340. The van der Waals surface area contributed by atoms with Crippen molar-refractivity contribution < 1.29 is 4.74 Å². The Morgan fingerprint density at radius 1 is 1.14 bits per heavy atom. The first-order valence-electron chi connectivity index (χ1n) is 7.72. The van der Waals surface area contributed by atoms with Gasteiger partial charge in [-0.3, -0.25) is 4.90 Å². The number of benzene rings is 1. The standard InChI is InChI=1S/C17H29BrN2O/c1-12(2)20(13(3)4)9-10-21-17-8-7-15(11-16(17)18)14(5)19-6/h7-8,11-14,19H,9-10H2,1-6H3. The molecule has 21 heavy (non-hydrogen) atoms. The lowest BCUT2D eigenvalue weighted by atomic mass is 10.1. The minimum absolute atomic E-state index is 0.340. The zero-order valence-corrected chi connectivity index (χ0v) is 15.7. The number of hydrogen-bond acceptors (Lipinski definition) is 3. The van der Waals surface area contributed by atoms with Crippen LogP contribution in [-0.4, -0.2) is 37.2 Å². The van der Waals surface area contributed by atoms with Gasteiger partial charge < -0.3 is 10.1 Å². The minimum Gasteiger partial charge on any atom is -0.491 e. The van der Waals surface area contributed by atoms with Crippen LogP contribution < -0.4 is 10.1 Å². The number of hydrogen-bond donors (Lipinski definition) is 1. The van der Waals surface area contributed by atoms with E-state index < -0.39 is 0 Å². The van der Waals surface area contributed by atoms with Crippen molar-refractivity contribution in [2.24, 2.45) is 0 Å². The highest BCUT2D eigenvalue weighted by molar-refractivity contribution is 9.10. The molecule has 0 radical (unpaired) electrons. The van der Waals surface area contributed by atoms with Crippen LogP contribution in [0, 0.1) is 0 Å². The Morgan fingerprint density at radius 3 is 2.24 bits per heavy atom. The Bertz CT molecular complexity index is 427. The lowest BCUT2D eigenvalue weighted by Crippen LogP contribution is -2.39. The lowest BCUT2D eigenvalue weighted by molar-refractivity contribution is 0.141. The lowest BCUT2D eigenvalue weighted by Gasteiger charge is -2.30. The molecule has 1 rings (SSSR count). The van der Waals surface area contributed by atoms with Gasteiger partial charge >= 0.3 is 0 Å². The van der Waals surface area contributed by atoms with E-state index in [4.69, 9.17) is 4.74 Å². The van der Waals surface area contributed by atoms with Gasteiger partial charge in [0.05, 0.1) is 4.47 Å². The molecule has 120 valence electrons. The summed E-state index contributed by atoms with van der Waals surface area (Å²) in [5, 5.41) is 3.24. The fourth-order valence-corrected chi connectivity index (χ4v) is 2.95. The zero-order valence-electron chi connectivity index (χ0n) is 14.1. The van der Waals surface area contributed by atoms with E-state index in [2.05, 4.69) is 72.9 Å². The van der Waals surface area contributed by atoms with Gasteiger partial charge in [0.2, 0.25) is 0 Å². The number of nitrogens with one attached hydrogen (secondary N) is 1. The first kappa shape index (κ1) is 18.5. The van der Waals surface area contributed by atoms with E-state index >= 15 is 0 Å². The first-order chi connectivity index (χ1) is 9.86. The molecule has 1 aromatic carbocycles. The summed E-state index contributed by atoms with van der Waals surface area (Å²) in [6, 6.07) is 7.70. The fourth-order valence-electron chi connectivity index (χ4n) is 2.44. The third-order valence-corrected chi connectivity index (χ3v) is 4.44. The molecule has 1 aromatic rings. The van der Waals surface area contributed by atoms with Gasteiger partial charge in [0.15, 0.2) is 0 Å². The van der Waals surface area contributed by atoms with Crippen LogP contribution >= 0.6 is 15.9 Å². The summed E-state index contributed by atoms with van der Waals surface area (Å²) in [5.74, 6) is 0.912. The number of halogens is 1. The molecule has 0 aliphatic carbocycles. The molecule has 0 saturated heterocycles. The molecule has 0 saturated carbocycles. The summed E-state index contributed by atoms with van der Waals surface area (Å²) in [5.41, 5.74) is 1.25. The molecule has 4 heteroatoms. The van der Waals surface area contributed by atoms with Gasteiger partial charge in [0.1, 0.15) is 12.4 Å². The first-order valence-corrected chi connectivity index (χ1v) is 8.51. The van der Waals surface area contributed by atoms with Crippen molar-refractivity contribution in [3.05, 3.63) is 28.2 Å². The van der Waals surface area contributed by atoms with Crippen LogP contribution in [0.4, 0.5) is 0 Å². The topological polar surface area (TPSA) is 24.5 Å². The average molecular weight is 357 g/mol. The quantitative estimate of drug-likeness (QED) is 0.754. The molecule has 0 heterocycles. The maximum absolute atomic E-state index is 5.93. The van der Waals surface area contributed by atoms with Gasteiger partial charge in [0.25, 0.3) is 0 Å². The highest BCUT2D eigenvalue weighted by atomic mass is 79.9. The molecule has 1 unspecified atom stereocenters. The van der Waals surface area contributed by atoms with Gasteiger partial charge in [-0.25, -0.2) is 0 Å². The van der Waals surface area contributed by atoms with E-state index in [0.717, 1.165) is 16.8 Å². The zero-order chi connectivity index (χ0) is 16.0. The van der Waals surface area contributed by atoms with Crippen LogP contribution in [0.15, 0.2) is 22.7 Å². The van der Waals surface area contributed by atoms with Crippen LogP contribution in [-0.2, 0) is 0 Å². The Kier molecular flexibility index (Phi) is 7.71. The van der Waals surface area contributed by atoms with Crippen LogP contribution in [0.3, 0.4) is 0 Å². The van der Waals surface area contributed by atoms with E-state index in [0.29, 0.717) is 24.7 Å². The van der Waals surface area contributed by atoms with E-state index in [1.807, 2.05) is 13.1 Å². The molecular weight excluding hydrogens is 328 g/mol. The van der Waals surface area contributed by atoms with E-state index in [-0.39, 0.29) is 0 Å². The van der Waals surface area contributed by atoms with Gasteiger partial charge in [-0.15, -0.1) is 0 Å². The predicted molar refractivity (Wildman–Crippen MR) is 94.1 cm³/mol. The third-order valence-electron chi connectivity index (χ3n) is 3.82. The van der Waals surface area contributed by atoms with Crippen LogP contribution in [0.5, 0.6) is 5.75 Å². The molecule has 0 aromatic heterocycles. The van der Waals surface area contributed by atoms with Crippen LogP contribution in [0.2, 0.25) is 0 Å². The fraction of sp³-hybridized carbons (Fsp3) is 0.647. The highest BCUT2D eigenvalue weighted by Gasteiger charge is 2.13. The van der Waals surface area contributed by atoms with Crippen LogP contribution in [0.1, 0.15) is 46.2 Å². The van der Waals surface area contributed by atoms with E-state index in [1.165, 1.54) is 5.56 Å². The molecule has 0 spiro atoms. The van der Waals surface area contributed by atoms with Gasteiger partial charge in [-0.2, -0.15) is 0 Å². The van der Waals surface area contributed by atoms with E-state index in [9.17, 15) is 0 Å². The second kappa shape index (κ2) is 8.76. The van der Waals surface area contributed by atoms with Crippen molar-refractivity contribution in [1.82, 2.24) is 10.2 Å². The van der Waals surface area contributed by atoms with Crippen molar-refractivity contribution in [3.8, 4) is 5.75 Å². The smallest absolute Gasteiger partial charge is 0.133 e. The largest absolute Gasteiger partial charge is 0.491 e. The molecule has 0 aliphatic rings. The Morgan fingerprint density at radius 2 is 1.76 bits per heavy atom. The van der Waals surface area contributed by atoms with Crippen molar-refractivity contribution in [2.75, 3.05) is 20.2 Å². The molecule has 1 N–H and O–H groups in total. The molecular formula is C17H29BrN2O. The Hall–Kier alpha value is -0.580. The second-order valence-electron chi connectivity index (χ2n) is 5.97. The van der Waals surface area contributed by atoms with Crippen molar-refractivity contribution >= 4 is 15.9 Å². The number of nitrogens with zero attached hydrogens (tertiary/aromatic N) is 1. The molecule has 0 bridgehead atoms. The third kappa shape index (κ3) is 5.61. The number of ether oxygens (including phenoxy) is 1.